The van der Waals surface area contributed by atoms with Crippen molar-refractivity contribution in [1.82, 2.24) is 0 Å². The van der Waals surface area contributed by atoms with E-state index in [4.69, 9.17) is 4.42 Å². The van der Waals surface area contributed by atoms with E-state index in [1.54, 1.807) is 6.26 Å². The second-order valence-corrected chi connectivity index (χ2v) is 8.29. The van der Waals surface area contributed by atoms with Gasteiger partial charge in [-0.1, -0.05) is 19.9 Å². The molecule has 0 spiro atoms. The lowest BCUT2D eigenvalue weighted by Gasteiger charge is -2.50. The van der Waals surface area contributed by atoms with Gasteiger partial charge >= 0.3 is 5.97 Å². The Hall–Kier alpha value is -1.51. The van der Waals surface area contributed by atoms with Crippen LogP contribution in [0.3, 0.4) is 0 Å². The normalized spacial score (nSPS) is 42.3. The van der Waals surface area contributed by atoms with Gasteiger partial charge in [-0.15, -0.1) is 0 Å². The van der Waals surface area contributed by atoms with Gasteiger partial charge < -0.3 is 9.52 Å². The fourth-order valence-corrected chi connectivity index (χ4v) is 5.68. The van der Waals surface area contributed by atoms with Gasteiger partial charge in [0.2, 0.25) is 0 Å². The molecule has 23 heavy (non-hydrogen) atoms. The minimum Gasteiger partial charge on any atom is -0.481 e. The summed E-state index contributed by atoms with van der Waals surface area (Å²) in [7, 11) is 0. The maximum atomic E-state index is 11.7. The summed E-state index contributed by atoms with van der Waals surface area (Å²) in [5.41, 5.74) is 1.52. The van der Waals surface area contributed by atoms with Crippen LogP contribution in [0.5, 0.6) is 0 Å². The Bertz CT molecular complexity index is 643. The third-order valence-electron chi connectivity index (χ3n) is 7.07. The van der Waals surface area contributed by atoms with Gasteiger partial charge in [0.05, 0.1) is 12.2 Å². The molecule has 0 saturated heterocycles. The van der Waals surface area contributed by atoms with E-state index in [9.17, 15) is 9.90 Å². The van der Waals surface area contributed by atoms with Crippen molar-refractivity contribution in [2.24, 2.45) is 29.1 Å². The van der Waals surface area contributed by atoms with Crippen LogP contribution in [0.2, 0.25) is 0 Å². The Labute approximate surface area is 137 Å². The third kappa shape index (κ3) is 2.28. The van der Waals surface area contributed by atoms with E-state index in [1.807, 2.05) is 0 Å². The second-order valence-electron chi connectivity index (χ2n) is 8.29. The molecule has 6 atom stereocenters. The summed E-state index contributed by atoms with van der Waals surface area (Å²) >= 11 is 0. The van der Waals surface area contributed by atoms with Gasteiger partial charge in [-0.2, -0.15) is 0 Å². The molecule has 2 saturated carbocycles. The van der Waals surface area contributed by atoms with Crippen LogP contribution >= 0.6 is 0 Å². The molecule has 0 radical (unpaired) electrons. The van der Waals surface area contributed by atoms with E-state index in [0.29, 0.717) is 17.8 Å². The van der Waals surface area contributed by atoms with Crippen LogP contribution in [0.25, 0.3) is 6.08 Å². The van der Waals surface area contributed by atoms with Crippen LogP contribution in [0.4, 0.5) is 0 Å². The summed E-state index contributed by atoms with van der Waals surface area (Å²) in [6.07, 6.45) is 11.6. The summed E-state index contributed by atoms with van der Waals surface area (Å²) in [6, 6.07) is 2.14. The number of furan rings is 1. The molecule has 3 heteroatoms. The zero-order valence-corrected chi connectivity index (χ0v) is 14.0. The van der Waals surface area contributed by atoms with Gasteiger partial charge in [0, 0.05) is 5.56 Å². The third-order valence-corrected chi connectivity index (χ3v) is 7.07. The molecule has 3 aliphatic rings. The van der Waals surface area contributed by atoms with E-state index in [2.05, 4.69) is 32.1 Å². The number of hydrogen-bond donors (Lipinski definition) is 1. The van der Waals surface area contributed by atoms with Crippen LogP contribution in [0.1, 0.15) is 63.2 Å². The number of carboxylic acids is 1. The van der Waals surface area contributed by atoms with Crippen molar-refractivity contribution in [1.29, 1.82) is 0 Å². The molecule has 3 aliphatic carbocycles. The van der Waals surface area contributed by atoms with Crippen molar-refractivity contribution in [3.05, 3.63) is 29.7 Å². The topological polar surface area (TPSA) is 50.4 Å². The van der Waals surface area contributed by atoms with Gasteiger partial charge in [-0.3, -0.25) is 4.79 Å². The van der Waals surface area contributed by atoms with E-state index < -0.39 is 5.97 Å². The molecule has 2 fully saturated rings. The standard InChI is InChI=1S/C20H26O3/c1-12-3-5-17-14-4-6-18-15(8-10-23-18)13(14)7-9-20(17,2)11-16(12)19(21)22/h4,6,8,10,12-14,16-17H,3,5,7,9,11H2,1-2H3,(H,21,22)/t12-,13?,14?,16?,17?,20+/m0/s1. The number of carbonyl (C=O) groups is 1. The van der Waals surface area contributed by atoms with Gasteiger partial charge in [0.1, 0.15) is 5.76 Å². The molecule has 0 aromatic carbocycles. The maximum Gasteiger partial charge on any atom is 0.306 e. The minimum absolute atomic E-state index is 0.153. The maximum absolute atomic E-state index is 11.7. The van der Waals surface area contributed by atoms with Crippen molar-refractivity contribution in [2.75, 3.05) is 0 Å². The zero-order valence-electron chi connectivity index (χ0n) is 14.0. The number of hydrogen-bond acceptors (Lipinski definition) is 2. The van der Waals surface area contributed by atoms with Gasteiger partial charge in [-0.25, -0.2) is 0 Å². The van der Waals surface area contributed by atoms with Crippen molar-refractivity contribution in [3.8, 4) is 0 Å². The first-order valence-corrected chi connectivity index (χ1v) is 8.98. The van der Waals surface area contributed by atoms with Crippen molar-refractivity contribution >= 4 is 12.0 Å². The number of aliphatic carboxylic acids is 1. The van der Waals surface area contributed by atoms with Crippen LogP contribution in [-0.2, 0) is 4.79 Å². The van der Waals surface area contributed by atoms with Gasteiger partial charge in [0.25, 0.3) is 0 Å². The number of carboxylic acid groups (broad SMARTS) is 1. The largest absolute Gasteiger partial charge is 0.481 e. The van der Waals surface area contributed by atoms with Gasteiger partial charge in [-0.05, 0) is 73.3 Å². The first-order valence-electron chi connectivity index (χ1n) is 8.98. The SMILES string of the molecule is C[C@H]1CCC2C3C=Cc4occc4C3CC[C@]2(C)CC1C(=O)O. The fourth-order valence-electron chi connectivity index (χ4n) is 5.68. The number of rotatable bonds is 1. The highest BCUT2D eigenvalue weighted by atomic mass is 16.4. The molecule has 4 unspecified atom stereocenters. The average molecular weight is 314 g/mol. The summed E-state index contributed by atoms with van der Waals surface area (Å²) < 4.78 is 5.59. The van der Waals surface area contributed by atoms with Crippen molar-refractivity contribution < 1.29 is 14.3 Å². The van der Waals surface area contributed by atoms with Crippen LogP contribution in [0.15, 0.2) is 22.8 Å². The lowest BCUT2D eigenvalue weighted by atomic mass is 9.54. The Balaban J connectivity index is 1.68. The Morgan fingerprint density at radius 2 is 2.17 bits per heavy atom. The molecule has 4 rings (SSSR count). The summed E-state index contributed by atoms with van der Waals surface area (Å²) in [6.45, 7) is 4.47. The Morgan fingerprint density at radius 3 is 2.96 bits per heavy atom. The first-order chi connectivity index (χ1) is 11.0. The minimum atomic E-state index is -0.599. The lowest BCUT2D eigenvalue weighted by Crippen LogP contribution is -2.41. The number of allylic oxidation sites excluding steroid dienone is 1. The molecular weight excluding hydrogens is 288 g/mol. The molecule has 0 amide bonds. The Kier molecular flexibility index (Phi) is 3.44. The van der Waals surface area contributed by atoms with Crippen molar-refractivity contribution in [2.45, 2.75) is 51.9 Å². The molecule has 0 aliphatic heterocycles. The summed E-state index contributed by atoms with van der Waals surface area (Å²) in [5, 5.41) is 9.65. The van der Waals surface area contributed by atoms with Crippen LogP contribution in [0, 0.1) is 29.1 Å². The highest BCUT2D eigenvalue weighted by molar-refractivity contribution is 5.70. The highest BCUT2D eigenvalue weighted by Crippen LogP contribution is 2.59. The molecule has 1 aromatic rings. The van der Waals surface area contributed by atoms with E-state index in [-0.39, 0.29) is 17.3 Å². The predicted octanol–water partition coefficient (Wildman–Crippen LogP) is 4.94. The molecule has 3 nitrogen and oxygen atoms in total. The second kappa shape index (κ2) is 5.25. The molecule has 0 bridgehead atoms. The Morgan fingerprint density at radius 1 is 1.35 bits per heavy atom. The fraction of sp³-hybridized carbons (Fsp3) is 0.650. The predicted molar refractivity (Wildman–Crippen MR) is 88.9 cm³/mol. The molecular formula is C20H26O3. The average Bonchev–Trinajstić information content (AvgIpc) is 2.94. The summed E-state index contributed by atoms with van der Waals surface area (Å²) in [4.78, 5) is 11.7. The zero-order chi connectivity index (χ0) is 16.2. The monoisotopic (exact) mass is 314 g/mol. The highest BCUT2D eigenvalue weighted by Gasteiger charge is 2.50. The van der Waals surface area contributed by atoms with E-state index in [0.717, 1.165) is 37.9 Å². The molecule has 1 N–H and O–H groups in total. The quantitative estimate of drug-likeness (QED) is 0.798. The molecule has 1 heterocycles. The first kappa shape index (κ1) is 15.0. The van der Waals surface area contributed by atoms with Crippen LogP contribution < -0.4 is 0 Å². The molecule has 124 valence electrons. The number of fused-ring (bicyclic) bond motifs is 5. The van der Waals surface area contributed by atoms with Crippen LogP contribution in [-0.4, -0.2) is 11.1 Å². The van der Waals surface area contributed by atoms with E-state index in [1.165, 1.54) is 5.56 Å². The lowest BCUT2D eigenvalue weighted by molar-refractivity contribution is -0.145. The summed E-state index contributed by atoms with van der Waals surface area (Å²) in [5.74, 6) is 2.22. The van der Waals surface area contributed by atoms with Gasteiger partial charge in [0.15, 0.2) is 0 Å². The smallest absolute Gasteiger partial charge is 0.306 e. The van der Waals surface area contributed by atoms with Crippen molar-refractivity contribution in [3.63, 3.8) is 0 Å². The molecule has 1 aromatic heterocycles. The van der Waals surface area contributed by atoms with E-state index >= 15 is 0 Å².